The van der Waals surface area contributed by atoms with Gasteiger partial charge < -0.3 is 0 Å². The number of nitriles is 2. The lowest BCUT2D eigenvalue weighted by Gasteiger charge is -2.23. The number of hydrogen-bond acceptors (Lipinski definition) is 6. The minimum absolute atomic E-state index is 0.279. The van der Waals surface area contributed by atoms with Crippen molar-refractivity contribution in [3.05, 3.63) is 70.0 Å². The second kappa shape index (κ2) is 8.81. The molecule has 0 N–H and O–H groups in total. The van der Waals surface area contributed by atoms with Gasteiger partial charge in [-0.3, -0.25) is 4.79 Å². The fourth-order valence-corrected chi connectivity index (χ4v) is 4.74. The summed E-state index contributed by atoms with van der Waals surface area (Å²) in [6.45, 7) is 1.76. The minimum atomic E-state index is -0.976. The van der Waals surface area contributed by atoms with Gasteiger partial charge in [0.05, 0.1) is 23.8 Å². The van der Waals surface area contributed by atoms with Crippen LogP contribution in [-0.4, -0.2) is 16.6 Å². The Bertz CT molecular complexity index is 1210. The first-order valence-corrected chi connectivity index (χ1v) is 11.2. The third kappa shape index (κ3) is 4.00. The van der Waals surface area contributed by atoms with Crippen molar-refractivity contribution in [3.63, 3.8) is 0 Å². The van der Waals surface area contributed by atoms with Crippen LogP contribution in [0.2, 0.25) is 0 Å². The van der Waals surface area contributed by atoms with E-state index in [0.29, 0.717) is 10.8 Å². The third-order valence-electron chi connectivity index (χ3n) is 5.18. The van der Waals surface area contributed by atoms with Gasteiger partial charge in [-0.2, -0.15) is 20.6 Å². The van der Waals surface area contributed by atoms with E-state index >= 15 is 0 Å². The molecule has 0 radical (unpaired) electrons. The van der Waals surface area contributed by atoms with Crippen molar-refractivity contribution in [3.8, 4) is 23.4 Å². The van der Waals surface area contributed by atoms with Gasteiger partial charge >= 0.3 is 0 Å². The molecule has 2 atom stereocenters. The summed E-state index contributed by atoms with van der Waals surface area (Å²) in [4.78, 5) is 18.0. The first-order valence-electron chi connectivity index (χ1n) is 9.48. The molecule has 152 valence electrons. The summed E-state index contributed by atoms with van der Waals surface area (Å²) in [6, 6.07) is 21.1. The largest absolute Gasteiger partial charge is 0.272 e. The first-order chi connectivity index (χ1) is 15.0. The average molecular weight is 490 g/mol. The number of anilines is 1. The summed E-state index contributed by atoms with van der Waals surface area (Å²) < 4.78 is 0.973. The van der Waals surface area contributed by atoms with E-state index in [-0.39, 0.29) is 5.91 Å². The van der Waals surface area contributed by atoms with Gasteiger partial charge in [0, 0.05) is 27.0 Å². The van der Waals surface area contributed by atoms with E-state index in [2.05, 4.69) is 26.0 Å². The highest BCUT2D eigenvalue weighted by Crippen LogP contribution is 2.39. The molecule has 31 heavy (non-hydrogen) atoms. The van der Waals surface area contributed by atoms with E-state index in [9.17, 15) is 15.3 Å². The summed E-state index contributed by atoms with van der Waals surface area (Å²) in [6.07, 6.45) is 0. The molecule has 1 aliphatic heterocycles. The van der Waals surface area contributed by atoms with Gasteiger partial charge in [0.2, 0.25) is 5.13 Å². The maximum absolute atomic E-state index is 13.4. The zero-order valence-electron chi connectivity index (χ0n) is 16.4. The second-order valence-corrected chi connectivity index (χ2v) is 8.82. The smallest absolute Gasteiger partial charge is 0.259 e. The summed E-state index contributed by atoms with van der Waals surface area (Å²) in [7, 11) is 0. The molecule has 6 nitrogen and oxygen atoms in total. The molecule has 0 saturated carbocycles. The highest BCUT2D eigenvalue weighted by atomic mass is 79.9. The molecule has 0 bridgehead atoms. The molecule has 1 amide bonds. The van der Waals surface area contributed by atoms with Crippen molar-refractivity contribution >= 4 is 44.0 Å². The number of hydrazone groups is 1. The van der Waals surface area contributed by atoms with Gasteiger partial charge in [-0.05, 0) is 24.6 Å². The Morgan fingerprint density at radius 3 is 2.42 bits per heavy atom. The van der Waals surface area contributed by atoms with E-state index < -0.39 is 17.8 Å². The molecule has 2 heterocycles. The standard InChI is InChI=1S/C23H16BrN5OS/c1-14-20(21(17(11-25)12-26)16-5-3-2-4-6-16)22(30)29(28-14)23-27-19(13-31-23)15-7-9-18(24)10-8-15/h2-10,13,17,20-21H,1H3/t20-,21+/m0/s1. The fourth-order valence-electron chi connectivity index (χ4n) is 3.69. The molecule has 3 aromatic rings. The van der Waals surface area contributed by atoms with E-state index in [1.165, 1.54) is 16.3 Å². The first kappa shape index (κ1) is 20.9. The summed E-state index contributed by atoms with van der Waals surface area (Å²) in [5.41, 5.74) is 3.02. The van der Waals surface area contributed by atoms with Crippen LogP contribution in [0.3, 0.4) is 0 Å². The van der Waals surface area contributed by atoms with Crippen LogP contribution < -0.4 is 5.01 Å². The number of amides is 1. The zero-order valence-corrected chi connectivity index (χ0v) is 18.8. The molecule has 0 unspecified atom stereocenters. The number of halogens is 1. The minimum Gasteiger partial charge on any atom is -0.272 e. The van der Waals surface area contributed by atoms with Crippen LogP contribution in [0.5, 0.6) is 0 Å². The van der Waals surface area contributed by atoms with Gasteiger partial charge in [0.1, 0.15) is 5.92 Å². The summed E-state index contributed by atoms with van der Waals surface area (Å²) >= 11 is 4.75. The topological polar surface area (TPSA) is 93.1 Å². The zero-order chi connectivity index (χ0) is 22.0. The maximum atomic E-state index is 13.4. The second-order valence-electron chi connectivity index (χ2n) is 7.06. The molecule has 0 saturated heterocycles. The SMILES string of the molecule is CC1=NN(c2nc(-c3ccc(Br)cc3)cs2)C(=O)[C@@H]1[C@H](c1ccccc1)C(C#N)C#N. The van der Waals surface area contributed by atoms with Gasteiger partial charge in [-0.15, -0.1) is 11.3 Å². The molecule has 4 rings (SSSR count). The Kier molecular flexibility index (Phi) is 5.94. The lowest BCUT2D eigenvalue weighted by molar-refractivity contribution is -0.120. The van der Waals surface area contributed by atoms with Gasteiger partial charge in [0.25, 0.3) is 5.91 Å². The number of benzene rings is 2. The van der Waals surface area contributed by atoms with Crippen LogP contribution in [-0.2, 0) is 4.79 Å². The number of carbonyl (C=O) groups excluding carboxylic acids is 1. The lowest BCUT2D eigenvalue weighted by Crippen LogP contribution is -2.34. The molecular weight excluding hydrogens is 474 g/mol. The maximum Gasteiger partial charge on any atom is 0.259 e. The highest BCUT2D eigenvalue weighted by Gasteiger charge is 2.45. The predicted molar refractivity (Wildman–Crippen MR) is 123 cm³/mol. The quantitative estimate of drug-likeness (QED) is 0.482. The Balaban J connectivity index is 1.67. The van der Waals surface area contributed by atoms with Crippen LogP contribution >= 0.6 is 27.3 Å². The molecule has 0 spiro atoms. The lowest BCUT2D eigenvalue weighted by atomic mass is 9.76. The fraction of sp³-hybridized carbons (Fsp3) is 0.174. The van der Waals surface area contributed by atoms with Gasteiger partial charge in [-0.1, -0.05) is 58.4 Å². The molecular formula is C23H16BrN5OS. The Hall–Kier alpha value is -3.33. The van der Waals surface area contributed by atoms with Crippen LogP contribution in [0.25, 0.3) is 11.3 Å². The average Bonchev–Trinajstić information content (AvgIpc) is 3.38. The Labute approximate surface area is 192 Å². The molecule has 0 aliphatic carbocycles. The molecule has 2 aromatic carbocycles. The molecule has 0 fully saturated rings. The van der Waals surface area contributed by atoms with E-state index in [1.807, 2.05) is 72.1 Å². The van der Waals surface area contributed by atoms with E-state index in [0.717, 1.165) is 21.3 Å². The number of carbonyl (C=O) groups is 1. The van der Waals surface area contributed by atoms with Gasteiger partial charge in [0.15, 0.2) is 0 Å². The van der Waals surface area contributed by atoms with Crippen molar-refractivity contribution in [1.82, 2.24) is 4.98 Å². The van der Waals surface area contributed by atoms with Crippen molar-refractivity contribution in [2.45, 2.75) is 12.8 Å². The molecule has 1 aliphatic rings. The predicted octanol–water partition coefficient (Wildman–Crippen LogP) is 5.36. The van der Waals surface area contributed by atoms with Crippen molar-refractivity contribution in [2.24, 2.45) is 16.9 Å². The van der Waals surface area contributed by atoms with Crippen molar-refractivity contribution in [1.29, 1.82) is 10.5 Å². The monoisotopic (exact) mass is 489 g/mol. The van der Waals surface area contributed by atoms with E-state index in [1.54, 1.807) is 6.92 Å². The van der Waals surface area contributed by atoms with E-state index in [4.69, 9.17) is 0 Å². The number of rotatable bonds is 5. The highest BCUT2D eigenvalue weighted by molar-refractivity contribution is 9.10. The normalized spacial score (nSPS) is 16.7. The Morgan fingerprint density at radius 1 is 1.10 bits per heavy atom. The summed E-state index contributed by atoms with van der Waals surface area (Å²) in [5, 5.41) is 27.2. The van der Waals surface area contributed by atoms with Crippen molar-refractivity contribution in [2.75, 3.05) is 5.01 Å². The van der Waals surface area contributed by atoms with Crippen molar-refractivity contribution < 1.29 is 4.79 Å². The van der Waals surface area contributed by atoms with Crippen LogP contribution in [0.15, 0.2) is 69.6 Å². The van der Waals surface area contributed by atoms with Crippen LogP contribution in [0, 0.1) is 34.5 Å². The van der Waals surface area contributed by atoms with Crippen LogP contribution in [0.1, 0.15) is 18.4 Å². The number of aromatic nitrogens is 1. The van der Waals surface area contributed by atoms with Crippen LogP contribution in [0.4, 0.5) is 5.13 Å². The summed E-state index contributed by atoms with van der Waals surface area (Å²) in [5.74, 6) is -2.57. The number of hydrogen-bond donors (Lipinski definition) is 0. The number of thiazole rings is 1. The third-order valence-corrected chi connectivity index (χ3v) is 6.52. The Morgan fingerprint density at radius 2 is 1.77 bits per heavy atom. The number of nitrogens with zero attached hydrogens (tertiary/aromatic N) is 5. The van der Waals surface area contributed by atoms with Gasteiger partial charge in [-0.25, -0.2) is 4.98 Å². The molecule has 8 heteroatoms. The molecule has 1 aromatic heterocycles.